The van der Waals surface area contributed by atoms with Crippen molar-refractivity contribution < 1.29 is 40.3 Å². The molecule has 0 atom stereocenters. The topological polar surface area (TPSA) is 26.3 Å². The summed E-state index contributed by atoms with van der Waals surface area (Å²) in [5.41, 5.74) is -1.96. The molecule has 0 rings (SSSR count). The van der Waals surface area contributed by atoms with Gasteiger partial charge in [0.05, 0.1) is 13.0 Å². The first-order chi connectivity index (χ1) is 8.53. The first-order valence-electron chi connectivity index (χ1n) is 5.18. The normalized spacial score (nSPS) is 12.2. The lowest BCUT2D eigenvalue weighted by Gasteiger charge is -2.19. The lowest BCUT2D eigenvalue weighted by Crippen LogP contribution is -2.37. The van der Waals surface area contributed by atoms with E-state index in [0.717, 1.165) is 0 Å². The summed E-state index contributed by atoms with van der Waals surface area (Å²) < 4.78 is 89.4. The second-order valence-electron chi connectivity index (χ2n) is 3.61. The molecule has 0 aromatic rings. The van der Waals surface area contributed by atoms with Crippen LogP contribution < -0.4 is 0 Å². The molecule has 0 N–H and O–H groups in total. The fourth-order valence-corrected chi connectivity index (χ4v) is 0.935. The third-order valence-corrected chi connectivity index (χ3v) is 2.02. The van der Waals surface area contributed by atoms with E-state index in [9.17, 15) is 35.5 Å². The minimum atomic E-state index is -6.02. The Bertz CT molecular complexity index is 342. The fraction of sp³-hybridized carbons (Fsp3) is 0.700. The Morgan fingerprint density at radius 1 is 1.11 bits per heavy atom. The number of halogens is 7. The molecule has 0 aliphatic rings. The van der Waals surface area contributed by atoms with E-state index in [4.69, 9.17) is 0 Å². The Labute approximate surface area is 104 Å². The van der Waals surface area contributed by atoms with E-state index in [0.29, 0.717) is 6.42 Å². The average molecular weight is 296 g/mol. The largest absolute Gasteiger partial charge is 0.462 e. The number of carbonyl (C=O) groups is 1. The van der Waals surface area contributed by atoms with Gasteiger partial charge in [-0.3, -0.25) is 0 Å². The summed E-state index contributed by atoms with van der Waals surface area (Å²) in [5.74, 6) is -7.28. The molecule has 0 spiro atoms. The van der Waals surface area contributed by atoms with Crippen LogP contribution in [-0.2, 0) is 9.53 Å². The second-order valence-corrected chi connectivity index (χ2v) is 3.61. The molecular weight excluding hydrogens is 285 g/mol. The van der Waals surface area contributed by atoms with Crippen LogP contribution >= 0.6 is 0 Å². The van der Waals surface area contributed by atoms with E-state index < -0.39 is 36.1 Å². The lowest BCUT2D eigenvalue weighted by molar-refractivity contribution is -0.281. The number of ether oxygens (including phenoxy) is 1. The van der Waals surface area contributed by atoms with E-state index in [1.165, 1.54) is 0 Å². The summed E-state index contributed by atoms with van der Waals surface area (Å²) in [7, 11) is 0. The highest BCUT2D eigenvalue weighted by molar-refractivity contribution is 5.88. The minimum absolute atomic E-state index is 0.280. The van der Waals surface area contributed by atoms with Crippen LogP contribution in [0.2, 0.25) is 0 Å². The summed E-state index contributed by atoms with van der Waals surface area (Å²) in [6.07, 6.45) is -10.6. The molecule has 0 aromatic heterocycles. The highest BCUT2D eigenvalue weighted by Crippen LogP contribution is 2.40. The fourth-order valence-electron chi connectivity index (χ4n) is 0.935. The van der Waals surface area contributed by atoms with Crippen molar-refractivity contribution in [2.75, 3.05) is 6.61 Å². The molecule has 0 aliphatic carbocycles. The van der Waals surface area contributed by atoms with Gasteiger partial charge in [-0.05, 0) is 6.42 Å². The molecular formula is C10H11F7O2. The highest BCUT2D eigenvalue weighted by atomic mass is 19.4. The van der Waals surface area contributed by atoms with Gasteiger partial charge in [0.2, 0.25) is 0 Å². The van der Waals surface area contributed by atoms with Crippen LogP contribution in [0.15, 0.2) is 11.7 Å². The molecule has 0 amide bonds. The van der Waals surface area contributed by atoms with Crippen LogP contribution in [0.4, 0.5) is 30.7 Å². The van der Waals surface area contributed by atoms with Crippen LogP contribution in [0.3, 0.4) is 0 Å². The molecule has 0 aliphatic heterocycles. The zero-order valence-electron chi connectivity index (χ0n) is 9.79. The maximum Gasteiger partial charge on any atom is 0.453 e. The SMILES string of the molecule is CCCCOC(=O)C(CC(F)(F)C(F)(F)F)=C(F)F. The number of carbonyl (C=O) groups excluding carboxylic acids is 1. The van der Waals surface area contributed by atoms with Crippen molar-refractivity contribution in [3.63, 3.8) is 0 Å². The molecule has 19 heavy (non-hydrogen) atoms. The molecule has 0 saturated heterocycles. The number of unbranched alkanes of at least 4 members (excludes halogenated alkanes) is 1. The molecule has 0 radical (unpaired) electrons. The maximum atomic E-state index is 12.6. The smallest absolute Gasteiger partial charge is 0.453 e. The van der Waals surface area contributed by atoms with Crippen molar-refractivity contribution in [2.45, 2.75) is 38.3 Å². The van der Waals surface area contributed by atoms with Gasteiger partial charge in [-0.15, -0.1) is 0 Å². The van der Waals surface area contributed by atoms with Crippen LogP contribution in [-0.4, -0.2) is 24.7 Å². The van der Waals surface area contributed by atoms with Crippen molar-refractivity contribution in [3.8, 4) is 0 Å². The number of rotatable bonds is 6. The van der Waals surface area contributed by atoms with Crippen LogP contribution in [0.25, 0.3) is 0 Å². The van der Waals surface area contributed by atoms with E-state index in [1.807, 2.05) is 0 Å². The van der Waals surface area contributed by atoms with Crippen molar-refractivity contribution in [1.29, 1.82) is 0 Å². The molecule has 0 heterocycles. The Hall–Kier alpha value is -1.28. The van der Waals surface area contributed by atoms with Gasteiger partial charge >= 0.3 is 18.1 Å². The number of hydrogen-bond acceptors (Lipinski definition) is 2. The van der Waals surface area contributed by atoms with Gasteiger partial charge in [0.25, 0.3) is 6.08 Å². The van der Waals surface area contributed by atoms with Crippen molar-refractivity contribution in [3.05, 3.63) is 11.7 Å². The van der Waals surface area contributed by atoms with Gasteiger partial charge in [-0.2, -0.15) is 30.7 Å². The first kappa shape index (κ1) is 17.7. The number of esters is 1. The van der Waals surface area contributed by atoms with E-state index in [-0.39, 0.29) is 13.0 Å². The Kier molecular flexibility index (Phi) is 6.31. The summed E-state index contributed by atoms with van der Waals surface area (Å²) in [5, 5.41) is 0. The molecule has 9 heteroatoms. The molecule has 0 bridgehead atoms. The summed E-state index contributed by atoms with van der Waals surface area (Å²) >= 11 is 0. The quantitative estimate of drug-likeness (QED) is 0.320. The lowest BCUT2D eigenvalue weighted by atomic mass is 10.1. The van der Waals surface area contributed by atoms with E-state index >= 15 is 0 Å². The first-order valence-corrected chi connectivity index (χ1v) is 5.18. The van der Waals surface area contributed by atoms with E-state index in [1.54, 1.807) is 6.92 Å². The zero-order chi connectivity index (χ0) is 15.3. The zero-order valence-corrected chi connectivity index (χ0v) is 9.79. The van der Waals surface area contributed by atoms with Gasteiger partial charge in [-0.25, -0.2) is 4.79 Å². The monoisotopic (exact) mass is 296 g/mol. The van der Waals surface area contributed by atoms with Crippen molar-refractivity contribution in [2.24, 2.45) is 0 Å². The third-order valence-electron chi connectivity index (χ3n) is 2.02. The Morgan fingerprint density at radius 2 is 1.63 bits per heavy atom. The van der Waals surface area contributed by atoms with Crippen molar-refractivity contribution >= 4 is 5.97 Å². The van der Waals surface area contributed by atoms with E-state index in [2.05, 4.69) is 4.74 Å². The Balaban J connectivity index is 4.89. The van der Waals surface area contributed by atoms with Crippen LogP contribution in [0, 0.1) is 0 Å². The molecule has 0 fully saturated rings. The highest BCUT2D eigenvalue weighted by Gasteiger charge is 2.58. The van der Waals surface area contributed by atoms with Gasteiger partial charge in [0, 0.05) is 0 Å². The van der Waals surface area contributed by atoms with Gasteiger partial charge < -0.3 is 4.74 Å². The second kappa shape index (κ2) is 6.76. The van der Waals surface area contributed by atoms with Gasteiger partial charge in [-0.1, -0.05) is 13.3 Å². The third kappa shape index (κ3) is 5.48. The van der Waals surface area contributed by atoms with Gasteiger partial charge in [0.1, 0.15) is 5.57 Å². The molecule has 2 nitrogen and oxygen atoms in total. The standard InChI is InChI=1S/C10H11F7O2/c1-2-3-4-19-8(18)6(7(11)12)5-9(13,14)10(15,16)17/h2-5H2,1H3. The average Bonchev–Trinajstić information content (AvgIpc) is 2.24. The van der Waals surface area contributed by atoms with Gasteiger partial charge in [0.15, 0.2) is 0 Å². The molecule has 0 saturated carbocycles. The number of hydrogen-bond donors (Lipinski definition) is 0. The minimum Gasteiger partial charge on any atom is -0.462 e. The van der Waals surface area contributed by atoms with Crippen molar-refractivity contribution in [1.82, 2.24) is 0 Å². The maximum absolute atomic E-state index is 12.6. The number of alkyl halides is 5. The molecule has 0 aromatic carbocycles. The molecule has 0 unspecified atom stereocenters. The van der Waals surface area contributed by atoms with Crippen LogP contribution in [0.5, 0.6) is 0 Å². The van der Waals surface area contributed by atoms with Crippen LogP contribution in [0.1, 0.15) is 26.2 Å². The summed E-state index contributed by atoms with van der Waals surface area (Å²) in [6.45, 7) is 1.35. The summed E-state index contributed by atoms with van der Waals surface area (Å²) in [4.78, 5) is 11.0. The predicted molar refractivity (Wildman–Crippen MR) is 50.7 cm³/mol. The molecule has 112 valence electrons. The Morgan fingerprint density at radius 3 is 2.00 bits per heavy atom. The summed E-state index contributed by atoms with van der Waals surface area (Å²) in [6, 6.07) is 0. The predicted octanol–water partition coefficient (Wildman–Crippen LogP) is 4.07.